The zero-order chi connectivity index (χ0) is 11.0. The number of ketones is 1. The summed E-state index contributed by atoms with van der Waals surface area (Å²) in [5.74, 6) is 1.87. The lowest BCUT2D eigenvalue weighted by atomic mass is 9.83. The van der Waals surface area contributed by atoms with Crippen molar-refractivity contribution < 1.29 is 4.79 Å². The molecule has 3 aliphatic rings. The van der Waals surface area contributed by atoms with Crippen molar-refractivity contribution in [2.24, 2.45) is 0 Å². The lowest BCUT2D eigenvalue weighted by molar-refractivity contribution is -0.127. The average Bonchev–Trinajstić information content (AvgIpc) is 2.72. The molecule has 0 saturated carbocycles. The molecule has 3 fully saturated rings. The van der Waals surface area contributed by atoms with Gasteiger partial charge in [0.25, 0.3) is 0 Å². The highest BCUT2D eigenvalue weighted by Gasteiger charge is 2.38. The summed E-state index contributed by atoms with van der Waals surface area (Å²) in [4.78, 5) is 14.3. The van der Waals surface area contributed by atoms with Crippen LogP contribution in [0, 0.1) is 0 Å². The first kappa shape index (κ1) is 11.1. The first-order valence-electron chi connectivity index (χ1n) is 6.72. The van der Waals surface area contributed by atoms with Crippen molar-refractivity contribution in [3.8, 4) is 0 Å². The molecule has 16 heavy (non-hydrogen) atoms. The maximum absolute atomic E-state index is 11.6. The SMILES string of the molecule is O=C1CC2CCCC(C1)N2CC1CCCS1. The Morgan fingerprint density at radius 1 is 1.12 bits per heavy atom. The molecule has 3 heterocycles. The van der Waals surface area contributed by atoms with Gasteiger partial charge in [0.1, 0.15) is 5.78 Å². The van der Waals surface area contributed by atoms with Crippen molar-refractivity contribution >= 4 is 17.5 Å². The molecule has 0 N–H and O–H groups in total. The number of thioether (sulfide) groups is 1. The van der Waals surface area contributed by atoms with Crippen molar-refractivity contribution in [3.05, 3.63) is 0 Å². The summed E-state index contributed by atoms with van der Waals surface area (Å²) < 4.78 is 0. The highest BCUT2D eigenvalue weighted by Crippen LogP contribution is 2.35. The molecule has 3 unspecified atom stereocenters. The number of nitrogens with zero attached hydrogens (tertiary/aromatic N) is 1. The summed E-state index contributed by atoms with van der Waals surface area (Å²) in [7, 11) is 0. The van der Waals surface area contributed by atoms with E-state index in [9.17, 15) is 4.79 Å². The minimum atomic E-state index is 0.519. The van der Waals surface area contributed by atoms with E-state index in [4.69, 9.17) is 0 Å². The number of fused-ring (bicyclic) bond motifs is 2. The summed E-state index contributed by atoms with van der Waals surface area (Å²) in [6.07, 6.45) is 8.35. The van der Waals surface area contributed by atoms with Crippen molar-refractivity contribution in [2.45, 2.75) is 62.3 Å². The molecular weight excluding hydrogens is 218 g/mol. The maximum Gasteiger partial charge on any atom is 0.136 e. The highest BCUT2D eigenvalue weighted by molar-refractivity contribution is 8.00. The summed E-state index contributed by atoms with van der Waals surface area (Å²) in [6.45, 7) is 1.26. The van der Waals surface area contributed by atoms with Crippen molar-refractivity contribution in [3.63, 3.8) is 0 Å². The van der Waals surface area contributed by atoms with Crippen LogP contribution in [0.1, 0.15) is 44.9 Å². The van der Waals surface area contributed by atoms with Crippen LogP contribution in [0.5, 0.6) is 0 Å². The van der Waals surface area contributed by atoms with Crippen LogP contribution >= 0.6 is 11.8 Å². The highest BCUT2D eigenvalue weighted by atomic mass is 32.2. The predicted molar refractivity (Wildman–Crippen MR) is 67.9 cm³/mol. The van der Waals surface area contributed by atoms with Crippen molar-refractivity contribution in [2.75, 3.05) is 12.3 Å². The van der Waals surface area contributed by atoms with Gasteiger partial charge in [-0.2, -0.15) is 11.8 Å². The van der Waals surface area contributed by atoms with Crippen LogP contribution in [0.3, 0.4) is 0 Å². The van der Waals surface area contributed by atoms with Crippen LogP contribution in [-0.4, -0.2) is 40.3 Å². The average molecular weight is 239 g/mol. The second-order valence-corrected chi connectivity index (χ2v) is 6.93. The molecule has 3 aliphatic heterocycles. The second-order valence-electron chi connectivity index (χ2n) is 5.52. The molecular formula is C13H21NOS. The Balaban J connectivity index is 1.66. The molecule has 3 atom stereocenters. The topological polar surface area (TPSA) is 20.3 Å². The van der Waals surface area contributed by atoms with Gasteiger partial charge >= 0.3 is 0 Å². The zero-order valence-electron chi connectivity index (χ0n) is 9.86. The molecule has 0 amide bonds. The third kappa shape index (κ3) is 2.17. The van der Waals surface area contributed by atoms with Gasteiger partial charge in [-0.3, -0.25) is 9.69 Å². The fourth-order valence-corrected chi connectivity index (χ4v) is 4.87. The summed E-state index contributed by atoms with van der Waals surface area (Å²) in [5, 5.41) is 0.858. The number of carbonyl (C=O) groups is 1. The molecule has 0 aromatic carbocycles. The Bertz CT molecular complexity index is 259. The van der Waals surface area contributed by atoms with Gasteiger partial charge in [-0.15, -0.1) is 0 Å². The van der Waals surface area contributed by atoms with Gasteiger partial charge in [0.2, 0.25) is 0 Å². The van der Waals surface area contributed by atoms with E-state index in [1.807, 2.05) is 0 Å². The van der Waals surface area contributed by atoms with Crippen LogP contribution in [-0.2, 0) is 4.79 Å². The van der Waals surface area contributed by atoms with Crippen molar-refractivity contribution in [1.82, 2.24) is 4.90 Å². The van der Waals surface area contributed by atoms with Crippen LogP contribution in [0.25, 0.3) is 0 Å². The Morgan fingerprint density at radius 2 is 1.88 bits per heavy atom. The number of hydrogen-bond acceptors (Lipinski definition) is 3. The van der Waals surface area contributed by atoms with Crippen LogP contribution < -0.4 is 0 Å². The van der Waals surface area contributed by atoms with E-state index < -0.39 is 0 Å². The zero-order valence-corrected chi connectivity index (χ0v) is 10.7. The summed E-state index contributed by atoms with van der Waals surface area (Å²) in [5.41, 5.74) is 0. The molecule has 2 nitrogen and oxygen atoms in total. The summed E-state index contributed by atoms with van der Waals surface area (Å²) >= 11 is 2.15. The van der Waals surface area contributed by atoms with Crippen LogP contribution in [0.2, 0.25) is 0 Å². The largest absolute Gasteiger partial charge is 0.300 e. The smallest absolute Gasteiger partial charge is 0.136 e. The van der Waals surface area contributed by atoms with E-state index >= 15 is 0 Å². The molecule has 3 rings (SSSR count). The molecule has 3 heteroatoms. The molecule has 3 saturated heterocycles. The lowest BCUT2D eigenvalue weighted by Crippen LogP contribution is -2.54. The van der Waals surface area contributed by atoms with Crippen LogP contribution in [0.4, 0.5) is 0 Å². The number of piperidine rings is 2. The van der Waals surface area contributed by atoms with Crippen LogP contribution in [0.15, 0.2) is 0 Å². The van der Waals surface area contributed by atoms with E-state index in [0.29, 0.717) is 17.9 Å². The van der Waals surface area contributed by atoms with E-state index in [1.54, 1.807) is 0 Å². The third-order valence-corrected chi connectivity index (χ3v) is 5.76. The van der Waals surface area contributed by atoms with Gasteiger partial charge in [-0.1, -0.05) is 6.42 Å². The number of carbonyl (C=O) groups excluding carboxylic acids is 1. The standard InChI is InChI=1S/C13H21NOS/c15-12-7-10-3-1-4-11(8-12)14(10)9-13-5-2-6-16-13/h10-11,13H,1-9H2. The van der Waals surface area contributed by atoms with Gasteiger partial charge in [-0.25, -0.2) is 0 Å². The lowest BCUT2D eigenvalue weighted by Gasteiger charge is -2.46. The Kier molecular flexibility index (Phi) is 3.25. The van der Waals surface area contributed by atoms with Gasteiger partial charge in [-0.05, 0) is 31.4 Å². The summed E-state index contributed by atoms with van der Waals surface area (Å²) in [6, 6.07) is 1.20. The number of Topliss-reactive ketones (excluding diaryl/α,β-unsaturated/α-hetero) is 1. The molecule has 0 aromatic heterocycles. The van der Waals surface area contributed by atoms with E-state index in [1.165, 1.54) is 44.4 Å². The number of rotatable bonds is 2. The monoisotopic (exact) mass is 239 g/mol. The molecule has 0 radical (unpaired) electrons. The Hall–Kier alpha value is -0.0200. The van der Waals surface area contributed by atoms with E-state index in [0.717, 1.165) is 18.1 Å². The Labute approximate surface area is 102 Å². The Morgan fingerprint density at radius 3 is 2.50 bits per heavy atom. The van der Waals surface area contributed by atoms with Gasteiger partial charge in [0.15, 0.2) is 0 Å². The first-order valence-corrected chi connectivity index (χ1v) is 7.77. The molecule has 90 valence electrons. The minimum absolute atomic E-state index is 0.519. The van der Waals surface area contributed by atoms with E-state index in [2.05, 4.69) is 16.7 Å². The fourth-order valence-electron chi connectivity index (χ4n) is 3.59. The maximum atomic E-state index is 11.6. The fraction of sp³-hybridized carbons (Fsp3) is 0.923. The molecule has 0 spiro atoms. The van der Waals surface area contributed by atoms with Gasteiger partial charge in [0.05, 0.1) is 0 Å². The van der Waals surface area contributed by atoms with Crippen molar-refractivity contribution in [1.29, 1.82) is 0 Å². The molecule has 0 aliphatic carbocycles. The minimum Gasteiger partial charge on any atom is -0.300 e. The molecule has 2 bridgehead atoms. The quantitative estimate of drug-likeness (QED) is 0.738. The van der Waals surface area contributed by atoms with E-state index in [-0.39, 0.29) is 0 Å². The molecule has 0 aromatic rings. The third-order valence-electron chi connectivity index (χ3n) is 4.38. The number of hydrogen-bond donors (Lipinski definition) is 0. The normalized spacial score (nSPS) is 40.2. The first-order chi connectivity index (χ1) is 7.83. The predicted octanol–water partition coefficient (Wildman–Crippen LogP) is 2.47. The van der Waals surface area contributed by atoms with Gasteiger partial charge < -0.3 is 0 Å². The van der Waals surface area contributed by atoms with Gasteiger partial charge in [0, 0.05) is 36.7 Å². The second kappa shape index (κ2) is 4.69.